The van der Waals surface area contributed by atoms with Crippen LogP contribution in [-0.4, -0.2) is 91.5 Å². The lowest BCUT2D eigenvalue weighted by Gasteiger charge is -2.38. The molecule has 9 nitrogen and oxygen atoms in total. The third-order valence-electron chi connectivity index (χ3n) is 5.29. The van der Waals surface area contributed by atoms with Crippen molar-refractivity contribution in [3.05, 3.63) is 45.7 Å². The first-order valence-electron chi connectivity index (χ1n) is 9.88. The molecule has 1 fully saturated rings. The molecule has 0 aromatic carbocycles. The zero-order valence-corrected chi connectivity index (χ0v) is 18.9. The minimum atomic E-state index is -0.339. The second-order valence-corrected chi connectivity index (χ2v) is 8.36. The van der Waals surface area contributed by atoms with Gasteiger partial charge < -0.3 is 14.4 Å². The number of thioether (sulfide) groups is 1. The first kappa shape index (κ1) is 24.4. The van der Waals surface area contributed by atoms with Crippen LogP contribution in [0.4, 0.5) is 4.79 Å². The summed E-state index contributed by atoms with van der Waals surface area (Å²) in [6.07, 6.45) is 6.42. The van der Waals surface area contributed by atoms with Crippen molar-refractivity contribution in [2.75, 3.05) is 53.2 Å². The van der Waals surface area contributed by atoms with E-state index in [1.807, 2.05) is 12.3 Å². The quantitative estimate of drug-likeness (QED) is 0.316. The second-order valence-electron chi connectivity index (χ2n) is 7.32. The van der Waals surface area contributed by atoms with Gasteiger partial charge in [-0.1, -0.05) is 6.58 Å². The molecule has 168 valence electrons. The van der Waals surface area contributed by atoms with E-state index < -0.39 is 0 Å². The highest BCUT2D eigenvalue weighted by Crippen LogP contribution is 2.30. The van der Waals surface area contributed by atoms with E-state index in [0.717, 1.165) is 12.0 Å². The van der Waals surface area contributed by atoms with E-state index in [0.29, 0.717) is 31.9 Å². The summed E-state index contributed by atoms with van der Waals surface area (Å²) in [5.74, 6) is 0. The molecule has 1 saturated heterocycles. The van der Waals surface area contributed by atoms with E-state index >= 15 is 0 Å². The van der Waals surface area contributed by atoms with E-state index in [9.17, 15) is 14.9 Å². The summed E-state index contributed by atoms with van der Waals surface area (Å²) < 4.78 is 11.0. The van der Waals surface area contributed by atoms with Crippen molar-refractivity contribution in [2.24, 2.45) is 0 Å². The molecule has 0 aromatic rings. The lowest BCUT2D eigenvalue weighted by molar-refractivity contribution is -0.479. The van der Waals surface area contributed by atoms with Crippen molar-refractivity contribution in [3.63, 3.8) is 0 Å². The average molecular weight is 441 g/mol. The van der Waals surface area contributed by atoms with Gasteiger partial charge in [0.15, 0.2) is 0 Å². The Morgan fingerprint density at radius 2 is 2.03 bits per heavy atom. The van der Waals surface area contributed by atoms with Crippen LogP contribution in [0.15, 0.2) is 35.6 Å². The molecule has 10 heteroatoms. The molecule has 3 unspecified atom stereocenters. The summed E-state index contributed by atoms with van der Waals surface area (Å²) >= 11 is 1.39. The molecule has 2 amide bonds. The highest BCUT2D eigenvalue weighted by atomic mass is 32.2. The van der Waals surface area contributed by atoms with Crippen LogP contribution in [-0.2, 0) is 9.47 Å². The fraction of sp³-hybridized carbons (Fsp3) is 0.650. The normalized spacial score (nSPS) is 21.9. The molecule has 2 aliphatic rings. The molecule has 1 aliphatic carbocycles. The van der Waals surface area contributed by atoms with Crippen LogP contribution in [0.3, 0.4) is 0 Å². The van der Waals surface area contributed by atoms with Gasteiger partial charge in [-0.15, -0.1) is 11.8 Å². The highest BCUT2D eigenvalue weighted by molar-refractivity contribution is 7.99. The molecule has 30 heavy (non-hydrogen) atoms. The van der Waals surface area contributed by atoms with Crippen LogP contribution in [0, 0.1) is 10.1 Å². The Bertz CT molecular complexity index is 711. The van der Waals surface area contributed by atoms with E-state index in [2.05, 4.69) is 18.0 Å². The Labute approximate surface area is 182 Å². The maximum absolute atomic E-state index is 13.2. The van der Waals surface area contributed by atoms with Crippen molar-refractivity contribution in [3.8, 4) is 0 Å². The fourth-order valence-electron chi connectivity index (χ4n) is 3.62. The zero-order valence-electron chi connectivity index (χ0n) is 18.1. The minimum Gasteiger partial charge on any atom is -0.374 e. The summed E-state index contributed by atoms with van der Waals surface area (Å²) in [6, 6.07) is -0.109. The van der Waals surface area contributed by atoms with Crippen molar-refractivity contribution >= 4 is 17.8 Å². The maximum Gasteiger partial charge on any atom is 0.324 e. The Balaban J connectivity index is 1.99. The van der Waals surface area contributed by atoms with Gasteiger partial charge in [0.05, 0.1) is 0 Å². The number of hydrogen-bond donors (Lipinski definition) is 1. The number of likely N-dealkylation sites (tertiary alicyclic amines) is 1. The number of urea groups is 1. The minimum absolute atomic E-state index is 0.109. The molecule has 0 spiro atoms. The number of carbonyl (C=O) groups is 1. The van der Waals surface area contributed by atoms with Crippen molar-refractivity contribution < 1.29 is 19.2 Å². The Hall–Kier alpha value is -1.88. The van der Waals surface area contributed by atoms with Crippen molar-refractivity contribution in [1.82, 2.24) is 15.1 Å². The first-order valence-corrected chi connectivity index (χ1v) is 11.2. The number of nitrogens with one attached hydrogen (secondary N) is 1. The number of carbonyl (C=O) groups excluding carboxylic acids is 1. The van der Waals surface area contributed by atoms with Crippen LogP contribution < -0.4 is 5.32 Å². The number of hydrogen-bond acceptors (Lipinski definition) is 7. The van der Waals surface area contributed by atoms with Crippen LogP contribution in [0.5, 0.6) is 0 Å². The van der Waals surface area contributed by atoms with Crippen molar-refractivity contribution in [1.29, 1.82) is 0 Å². The monoisotopic (exact) mass is 440 g/mol. The summed E-state index contributed by atoms with van der Waals surface area (Å²) in [6.45, 7) is 7.53. The predicted molar refractivity (Wildman–Crippen MR) is 118 cm³/mol. The topological polar surface area (TPSA) is 97.2 Å². The molecule has 3 atom stereocenters. The number of nitro groups is 1. The number of methoxy groups -OCH3 is 2. The molecule has 0 bridgehead atoms. The predicted octanol–water partition coefficient (Wildman–Crippen LogP) is 2.10. The first-order chi connectivity index (χ1) is 14.3. The highest BCUT2D eigenvalue weighted by Gasteiger charge is 2.31. The lowest BCUT2D eigenvalue weighted by Crippen LogP contribution is -2.48. The smallest absolute Gasteiger partial charge is 0.324 e. The number of fused-ring (bicyclic) bond motifs is 1. The van der Waals surface area contributed by atoms with E-state index in [1.165, 1.54) is 17.3 Å². The van der Waals surface area contributed by atoms with Crippen LogP contribution in [0.1, 0.15) is 13.3 Å². The van der Waals surface area contributed by atoms with Gasteiger partial charge in [-0.05, 0) is 42.9 Å². The molecule has 0 saturated carbocycles. The van der Waals surface area contributed by atoms with Gasteiger partial charge in [-0.3, -0.25) is 20.3 Å². The number of rotatable bonds is 10. The third-order valence-corrected chi connectivity index (χ3v) is 6.18. The van der Waals surface area contributed by atoms with Gasteiger partial charge in [-0.25, -0.2) is 4.79 Å². The zero-order chi connectivity index (χ0) is 22.3. The van der Waals surface area contributed by atoms with Gasteiger partial charge in [-0.2, -0.15) is 0 Å². The van der Waals surface area contributed by atoms with Gasteiger partial charge in [0.25, 0.3) is 0 Å². The molecule has 1 aliphatic heterocycles. The average Bonchev–Trinajstić information content (AvgIpc) is 2.73. The lowest BCUT2D eigenvalue weighted by atomic mass is 9.89. The molecule has 0 radical (unpaired) electrons. The Kier molecular flexibility index (Phi) is 9.35. The summed E-state index contributed by atoms with van der Waals surface area (Å²) in [7, 11) is 3.31. The number of nitrogens with zero attached hydrogens (tertiary/aromatic N) is 3. The standard InChI is InChI=1S/C20H32N4O5S/c1-14(2)23(9-7-21-19(30-5)13-24(26)27)20(25)22-8-6-15-10-17(28-3)18(29-4)11-16(15)12-22/h10-11,17-19,21H,1,6-9,12-13H2,2-5H3. The number of ether oxygens (including phenoxy) is 2. The third kappa shape index (κ3) is 6.31. The summed E-state index contributed by atoms with van der Waals surface area (Å²) in [4.78, 5) is 27.0. The fourth-order valence-corrected chi connectivity index (χ4v) is 4.18. The van der Waals surface area contributed by atoms with Crippen LogP contribution in [0.2, 0.25) is 0 Å². The number of piperidine rings is 1. The van der Waals surface area contributed by atoms with Gasteiger partial charge in [0.2, 0.25) is 6.54 Å². The molecular weight excluding hydrogens is 408 g/mol. The van der Waals surface area contributed by atoms with Gasteiger partial charge >= 0.3 is 6.03 Å². The van der Waals surface area contributed by atoms with E-state index in [1.54, 1.807) is 30.9 Å². The van der Waals surface area contributed by atoms with Crippen molar-refractivity contribution in [2.45, 2.75) is 30.9 Å². The molecule has 2 rings (SSSR count). The van der Waals surface area contributed by atoms with Gasteiger partial charge in [0.1, 0.15) is 17.6 Å². The molecule has 1 heterocycles. The number of allylic oxidation sites excluding steroid dienone is 1. The maximum atomic E-state index is 13.2. The van der Waals surface area contributed by atoms with Crippen LogP contribution in [0.25, 0.3) is 0 Å². The Morgan fingerprint density at radius 1 is 1.40 bits per heavy atom. The molecular formula is C20H32N4O5S. The summed E-state index contributed by atoms with van der Waals surface area (Å²) in [5, 5.41) is 13.6. The van der Waals surface area contributed by atoms with Crippen LogP contribution >= 0.6 is 11.8 Å². The Morgan fingerprint density at radius 3 is 2.57 bits per heavy atom. The SMILES string of the molecule is C=C(C)N(CCNC(C[N+](=O)[O-])SC)C(=O)N1CCC2=CC(OC)C(OC)C=C2C1. The van der Waals surface area contributed by atoms with E-state index in [-0.39, 0.29) is 35.1 Å². The largest absolute Gasteiger partial charge is 0.374 e. The van der Waals surface area contributed by atoms with Gasteiger partial charge in [0, 0.05) is 51.0 Å². The number of amides is 2. The second kappa shape index (κ2) is 11.5. The summed E-state index contributed by atoms with van der Waals surface area (Å²) in [5.41, 5.74) is 2.93. The molecule has 1 N–H and O–H groups in total. The van der Waals surface area contributed by atoms with E-state index in [4.69, 9.17) is 9.47 Å². The molecule has 0 aromatic heterocycles.